The summed E-state index contributed by atoms with van der Waals surface area (Å²) in [6.07, 6.45) is 1.76. The fourth-order valence-electron chi connectivity index (χ4n) is 2.06. The molecule has 5 heteroatoms. The second kappa shape index (κ2) is 4.78. The van der Waals surface area contributed by atoms with Crippen LogP contribution in [0.25, 0.3) is 0 Å². The maximum atomic E-state index is 10.3. The molecule has 3 N–H and O–H groups in total. The number of aliphatic hydroxyl groups excluding tert-OH is 1. The van der Waals surface area contributed by atoms with Crippen molar-refractivity contribution >= 4 is 5.69 Å². The van der Waals surface area contributed by atoms with Gasteiger partial charge in [-0.2, -0.15) is 0 Å². The topological polar surface area (TPSA) is 77.6 Å². The molecule has 0 amide bonds. The molecule has 5 nitrogen and oxygen atoms in total. The minimum Gasteiger partial charge on any atom is -0.486 e. The van der Waals surface area contributed by atoms with Crippen molar-refractivity contribution in [1.82, 2.24) is 4.98 Å². The molecular formula is C14H14N2O3. The summed E-state index contributed by atoms with van der Waals surface area (Å²) >= 11 is 0. The number of anilines is 1. The minimum absolute atomic E-state index is 0.270. The molecule has 2 atom stereocenters. The minimum atomic E-state index is -0.873. The summed E-state index contributed by atoms with van der Waals surface area (Å²) in [6, 6.07) is 9.01. The Kier molecular flexibility index (Phi) is 2.97. The third-order valence-electron chi connectivity index (χ3n) is 3.09. The van der Waals surface area contributed by atoms with Crippen LogP contribution in [0, 0.1) is 0 Å². The van der Waals surface area contributed by atoms with E-state index in [1.807, 2.05) is 18.2 Å². The molecule has 1 aromatic carbocycles. The second-order valence-electron chi connectivity index (χ2n) is 4.36. The van der Waals surface area contributed by atoms with Crippen molar-refractivity contribution in [3.05, 3.63) is 48.3 Å². The van der Waals surface area contributed by atoms with Crippen LogP contribution < -0.4 is 15.2 Å². The third kappa shape index (κ3) is 2.20. The van der Waals surface area contributed by atoms with Crippen molar-refractivity contribution in [2.45, 2.75) is 12.2 Å². The van der Waals surface area contributed by atoms with E-state index in [1.54, 1.807) is 24.5 Å². The van der Waals surface area contributed by atoms with E-state index in [-0.39, 0.29) is 6.61 Å². The predicted molar refractivity (Wildman–Crippen MR) is 70.0 cm³/mol. The van der Waals surface area contributed by atoms with E-state index in [4.69, 9.17) is 15.2 Å². The van der Waals surface area contributed by atoms with Crippen LogP contribution in [0.2, 0.25) is 0 Å². The van der Waals surface area contributed by atoms with Crippen LogP contribution in [-0.4, -0.2) is 22.8 Å². The van der Waals surface area contributed by atoms with E-state index in [0.29, 0.717) is 22.7 Å². The van der Waals surface area contributed by atoms with E-state index in [0.717, 1.165) is 0 Å². The van der Waals surface area contributed by atoms with Gasteiger partial charge in [-0.25, -0.2) is 0 Å². The molecule has 0 saturated heterocycles. The predicted octanol–water partition coefficient (Wildman–Crippen LogP) is 1.54. The van der Waals surface area contributed by atoms with Gasteiger partial charge in [0.1, 0.15) is 12.7 Å². The Morgan fingerprint density at radius 1 is 1.26 bits per heavy atom. The van der Waals surface area contributed by atoms with Crippen molar-refractivity contribution in [1.29, 1.82) is 0 Å². The first-order valence-electron chi connectivity index (χ1n) is 6.01. The van der Waals surface area contributed by atoms with Gasteiger partial charge >= 0.3 is 0 Å². The van der Waals surface area contributed by atoms with Crippen molar-refractivity contribution < 1.29 is 14.6 Å². The van der Waals surface area contributed by atoms with Gasteiger partial charge in [-0.3, -0.25) is 4.98 Å². The van der Waals surface area contributed by atoms with Crippen molar-refractivity contribution in [3.8, 4) is 11.5 Å². The molecule has 2 heterocycles. The monoisotopic (exact) mass is 258 g/mol. The van der Waals surface area contributed by atoms with Gasteiger partial charge in [-0.1, -0.05) is 12.1 Å². The molecule has 1 aromatic heterocycles. The molecule has 3 rings (SSSR count). The summed E-state index contributed by atoms with van der Waals surface area (Å²) in [5.74, 6) is 1.31. The van der Waals surface area contributed by atoms with Crippen molar-refractivity contribution in [3.63, 3.8) is 0 Å². The number of nitrogens with two attached hydrogens (primary N) is 1. The number of fused-ring (bicyclic) bond motifs is 1. The number of nitrogens with zero attached hydrogens (tertiary/aromatic N) is 1. The quantitative estimate of drug-likeness (QED) is 0.854. The first kappa shape index (κ1) is 11.8. The molecule has 0 fully saturated rings. The number of aromatic nitrogens is 1. The Balaban J connectivity index is 1.83. The van der Waals surface area contributed by atoms with E-state index in [1.165, 1.54) is 0 Å². The molecule has 0 spiro atoms. The SMILES string of the molecule is Nc1ccncc1C(O)C1COc2ccccc2O1. The van der Waals surface area contributed by atoms with E-state index in [2.05, 4.69) is 4.98 Å². The molecule has 19 heavy (non-hydrogen) atoms. The Morgan fingerprint density at radius 3 is 2.84 bits per heavy atom. The Labute approximate surface area is 110 Å². The molecule has 1 aliphatic heterocycles. The number of pyridine rings is 1. The molecule has 0 radical (unpaired) electrons. The highest BCUT2D eigenvalue weighted by Crippen LogP contribution is 2.35. The Morgan fingerprint density at radius 2 is 2.05 bits per heavy atom. The summed E-state index contributed by atoms with van der Waals surface area (Å²) in [7, 11) is 0. The third-order valence-corrected chi connectivity index (χ3v) is 3.09. The fraction of sp³-hybridized carbons (Fsp3) is 0.214. The molecule has 2 unspecified atom stereocenters. The molecule has 0 aliphatic carbocycles. The number of ether oxygens (including phenoxy) is 2. The largest absolute Gasteiger partial charge is 0.486 e. The number of aliphatic hydroxyl groups is 1. The lowest BCUT2D eigenvalue weighted by atomic mass is 10.0. The molecule has 0 bridgehead atoms. The number of benzene rings is 1. The van der Waals surface area contributed by atoms with Gasteiger partial charge in [0.2, 0.25) is 0 Å². The van der Waals surface area contributed by atoms with Gasteiger partial charge in [-0.05, 0) is 18.2 Å². The Bertz CT molecular complexity index is 588. The molecule has 1 aliphatic rings. The number of rotatable bonds is 2. The van der Waals surface area contributed by atoms with Crippen molar-refractivity contribution in [2.24, 2.45) is 0 Å². The maximum Gasteiger partial charge on any atom is 0.163 e. The van der Waals surface area contributed by atoms with Gasteiger partial charge in [0, 0.05) is 23.6 Å². The molecule has 0 saturated carbocycles. The van der Waals surface area contributed by atoms with Crippen LogP contribution in [0.1, 0.15) is 11.7 Å². The smallest absolute Gasteiger partial charge is 0.163 e. The summed E-state index contributed by atoms with van der Waals surface area (Å²) in [5.41, 5.74) is 6.87. The summed E-state index contributed by atoms with van der Waals surface area (Å²) in [5, 5.41) is 10.3. The Hall–Kier alpha value is -2.27. The highest BCUT2D eigenvalue weighted by atomic mass is 16.6. The molecule has 2 aromatic rings. The molecular weight excluding hydrogens is 244 g/mol. The van der Waals surface area contributed by atoms with Crippen LogP contribution in [-0.2, 0) is 0 Å². The van der Waals surface area contributed by atoms with E-state index < -0.39 is 12.2 Å². The number of hydrogen-bond donors (Lipinski definition) is 2. The van der Waals surface area contributed by atoms with Crippen molar-refractivity contribution in [2.75, 3.05) is 12.3 Å². The first-order valence-corrected chi connectivity index (χ1v) is 6.01. The lowest BCUT2D eigenvalue weighted by Crippen LogP contribution is -2.35. The lowest BCUT2D eigenvalue weighted by molar-refractivity contribution is -0.0111. The summed E-state index contributed by atoms with van der Waals surface area (Å²) in [4.78, 5) is 3.97. The van der Waals surface area contributed by atoms with Gasteiger partial charge in [0.15, 0.2) is 17.6 Å². The number of para-hydroxylation sites is 2. The van der Waals surface area contributed by atoms with Gasteiger partial charge < -0.3 is 20.3 Å². The normalized spacial score (nSPS) is 18.9. The highest BCUT2D eigenvalue weighted by Gasteiger charge is 2.29. The van der Waals surface area contributed by atoms with Gasteiger partial charge in [0.05, 0.1) is 0 Å². The zero-order valence-electron chi connectivity index (χ0n) is 10.2. The number of hydrogen-bond acceptors (Lipinski definition) is 5. The summed E-state index contributed by atoms with van der Waals surface area (Å²) in [6.45, 7) is 0.270. The average Bonchev–Trinajstić information content (AvgIpc) is 2.46. The van der Waals surface area contributed by atoms with Crippen LogP contribution >= 0.6 is 0 Å². The zero-order chi connectivity index (χ0) is 13.2. The van der Waals surface area contributed by atoms with Crippen LogP contribution in [0.4, 0.5) is 5.69 Å². The van der Waals surface area contributed by atoms with Crippen LogP contribution in [0.3, 0.4) is 0 Å². The molecule has 98 valence electrons. The van der Waals surface area contributed by atoms with E-state index in [9.17, 15) is 5.11 Å². The second-order valence-corrected chi connectivity index (χ2v) is 4.36. The van der Waals surface area contributed by atoms with Gasteiger partial charge in [0.25, 0.3) is 0 Å². The van der Waals surface area contributed by atoms with Crippen LogP contribution in [0.15, 0.2) is 42.7 Å². The standard InChI is InChI=1S/C14H14N2O3/c15-10-5-6-16-7-9(10)14(17)13-8-18-11-3-1-2-4-12(11)19-13/h1-7,13-14,17H,8H2,(H2,15,16). The lowest BCUT2D eigenvalue weighted by Gasteiger charge is -2.30. The fourth-order valence-corrected chi connectivity index (χ4v) is 2.06. The summed E-state index contributed by atoms with van der Waals surface area (Å²) < 4.78 is 11.3. The van der Waals surface area contributed by atoms with Crippen LogP contribution in [0.5, 0.6) is 11.5 Å². The average molecular weight is 258 g/mol. The zero-order valence-corrected chi connectivity index (χ0v) is 10.2. The van der Waals surface area contributed by atoms with Gasteiger partial charge in [-0.15, -0.1) is 0 Å². The first-order chi connectivity index (χ1) is 9.25. The van der Waals surface area contributed by atoms with E-state index >= 15 is 0 Å². The number of nitrogen functional groups attached to an aromatic ring is 1. The highest BCUT2D eigenvalue weighted by molar-refractivity contribution is 5.47. The maximum absolute atomic E-state index is 10.3.